The molecule has 0 saturated carbocycles. The van der Waals surface area contributed by atoms with E-state index in [1.54, 1.807) is 11.1 Å². The summed E-state index contributed by atoms with van der Waals surface area (Å²) in [5, 5.41) is 3.29. The third-order valence-electron chi connectivity index (χ3n) is 3.26. The zero-order valence-corrected chi connectivity index (χ0v) is 10.1. The van der Waals surface area contributed by atoms with Crippen molar-refractivity contribution in [1.82, 2.24) is 5.32 Å². The van der Waals surface area contributed by atoms with Crippen molar-refractivity contribution in [1.29, 1.82) is 0 Å². The molecule has 2 heteroatoms. The number of aryl methyl sites for hydroxylation is 2. The fourth-order valence-corrected chi connectivity index (χ4v) is 2.40. The highest BCUT2D eigenvalue weighted by atomic mass is 35.5. The topological polar surface area (TPSA) is 12.0 Å². The first-order valence-electron chi connectivity index (χ1n) is 5.61. The molecule has 1 N–H and O–H groups in total. The lowest BCUT2D eigenvalue weighted by Crippen LogP contribution is -2.18. The molecule has 1 aromatic rings. The van der Waals surface area contributed by atoms with E-state index < -0.39 is 0 Å². The molecule has 0 spiro atoms. The maximum Gasteiger partial charge on any atom is -0.00233 e. The molecule has 1 aliphatic carbocycles. The standard InChI is InChI=1S/C13H19N.ClH/c1-14-10-11-6-8-12-4-2-3-5-13(12)9-7-11;/h2-5,11,14H,6-10H2,1H3;1H. The summed E-state index contributed by atoms with van der Waals surface area (Å²) in [6.07, 6.45) is 5.22. The van der Waals surface area contributed by atoms with Gasteiger partial charge in [-0.1, -0.05) is 24.3 Å². The van der Waals surface area contributed by atoms with Crippen LogP contribution in [0.2, 0.25) is 0 Å². The molecule has 0 heterocycles. The molecule has 0 atom stereocenters. The summed E-state index contributed by atoms with van der Waals surface area (Å²) in [7, 11) is 2.05. The molecule has 15 heavy (non-hydrogen) atoms. The van der Waals surface area contributed by atoms with Gasteiger partial charge < -0.3 is 5.32 Å². The van der Waals surface area contributed by atoms with Gasteiger partial charge in [0.15, 0.2) is 0 Å². The Bertz CT molecular complexity index is 271. The minimum absolute atomic E-state index is 0. The SMILES string of the molecule is CNCC1CCc2ccccc2CC1.Cl. The monoisotopic (exact) mass is 225 g/mol. The minimum atomic E-state index is 0. The number of nitrogens with one attached hydrogen (secondary N) is 1. The van der Waals surface area contributed by atoms with Crippen LogP contribution in [-0.4, -0.2) is 13.6 Å². The molecule has 0 aliphatic heterocycles. The fraction of sp³-hybridized carbons (Fsp3) is 0.538. The van der Waals surface area contributed by atoms with Crippen LogP contribution in [0.4, 0.5) is 0 Å². The second kappa shape index (κ2) is 6.14. The number of benzene rings is 1. The van der Waals surface area contributed by atoms with E-state index in [9.17, 15) is 0 Å². The summed E-state index contributed by atoms with van der Waals surface area (Å²) < 4.78 is 0. The van der Waals surface area contributed by atoms with Crippen LogP contribution in [0, 0.1) is 5.92 Å². The van der Waals surface area contributed by atoms with Crippen LogP contribution >= 0.6 is 12.4 Å². The molecule has 2 rings (SSSR count). The highest BCUT2D eigenvalue weighted by molar-refractivity contribution is 5.85. The molecule has 84 valence electrons. The third-order valence-corrected chi connectivity index (χ3v) is 3.26. The van der Waals surface area contributed by atoms with E-state index >= 15 is 0 Å². The number of fused-ring (bicyclic) bond motifs is 1. The molecule has 0 bridgehead atoms. The first-order valence-corrected chi connectivity index (χ1v) is 5.61. The van der Waals surface area contributed by atoms with Crippen molar-refractivity contribution in [3.8, 4) is 0 Å². The Hall–Kier alpha value is -0.530. The lowest BCUT2D eigenvalue weighted by molar-refractivity contribution is 0.445. The zero-order valence-electron chi connectivity index (χ0n) is 9.33. The van der Waals surface area contributed by atoms with Gasteiger partial charge in [0.2, 0.25) is 0 Å². The Kier molecular flexibility index (Phi) is 5.13. The smallest absolute Gasteiger partial charge is 0.00233 e. The summed E-state index contributed by atoms with van der Waals surface area (Å²) in [6.45, 7) is 1.17. The highest BCUT2D eigenvalue weighted by Crippen LogP contribution is 2.23. The van der Waals surface area contributed by atoms with Crippen molar-refractivity contribution in [3.05, 3.63) is 35.4 Å². The van der Waals surface area contributed by atoms with Crippen LogP contribution in [0.5, 0.6) is 0 Å². The van der Waals surface area contributed by atoms with Crippen LogP contribution in [0.1, 0.15) is 24.0 Å². The van der Waals surface area contributed by atoms with Gasteiger partial charge in [0.1, 0.15) is 0 Å². The Morgan fingerprint density at radius 2 is 1.67 bits per heavy atom. The van der Waals surface area contributed by atoms with Gasteiger partial charge in [0.05, 0.1) is 0 Å². The third kappa shape index (κ3) is 3.22. The molecule has 1 nitrogen and oxygen atoms in total. The minimum Gasteiger partial charge on any atom is -0.319 e. The van der Waals surface area contributed by atoms with Gasteiger partial charge in [-0.2, -0.15) is 0 Å². The van der Waals surface area contributed by atoms with E-state index in [0.717, 1.165) is 5.92 Å². The van der Waals surface area contributed by atoms with E-state index in [1.165, 1.54) is 32.2 Å². The summed E-state index contributed by atoms with van der Waals surface area (Å²) in [6, 6.07) is 8.91. The zero-order chi connectivity index (χ0) is 9.80. The van der Waals surface area contributed by atoms with E-state index in [0.29, 0.717) is 0 Å². The predicted octanol–water partition coefficient (Wildman–Crippen LogP) is 2.82. The Labute approximate surface area is 98.7 Å². The van der Waals surface area contributed by atoms with E-state index in [1.807, 2.05) is 0 Å². The molecule has 0 amide bonds. The average molecular weight is 226 g/mol. The highest BCUT2D eigenvalue weighted by Gasteiger charge is 2.14. The maximum absolute atomic E-state index is 3.29. The van der Waals surface area contributed by atoms with Crippen molar-refractivity contribution in [2.24, 2.45) is 5.92 Å². The Morgan fingerprint density at radius 1 is 1.13 bits per heavy atom. The van der Waals surface area contributed by atoms with Crippen LogP contribution in [0.3, 0.4) is 0 Å². The Balaban J connectivity index is 0.00000112. The van der Waals surface area contributed by atoms with Gasteiger partial charge in [-0.15, -0.1) is 12.4 Å². The molecule has 0 unspecified atom stereocenters. The lowest BCUT2D eigenvalue weighted by atomic mass is 10.00. The predicted molar refractivity (Wildman–Crippen MR) is 67.7 cm³/mol. The second-order valence-corrected chi connectivity index (χ2v) is 4.27. The molecular weight excluding hydrogens is 206 g/mol. The van der Waals surface area contributed by atoms with E-state index in [-0.39, 0.29) is 12.4 Å². The quantitative estimate of drug-likeness (QED) is 0.764. The second-order valence-electron chi connectivity index (χ2n) is 4.27. The molecule has 0 fully saturated rings. The van der Waals surface area contributed by atoms with Crippen LogP contribution < -0.4 is 5.32 Å². The normalized spacial score (nSPS) is 16.3. The number of rotatable bonds is 2. The van der Waals surface area contributed by atoms with Crippen LogP contribution in [0.15, 0.2) is 24.3 Å². The van der Waals surface area contributed by atoms with Crippen molar-refractivity contribution in [3.63, 3.8) is 0 Å². The van der Waals surface area contributed by atoms with Crippen molar-refractivity contribution in [2.75, 3.05) is 13.6 Å². The van der Waals surface area contributed by atoms with Crippen LogP contribution in [0.25, 0.3) is 0 Å². The molecular formula is C13H20ClN. The number of halogens is 1. The van der Waals surface area contributed by atoms with Gasteiger partial charge >= 0.3 is 0 Å². The van der Waals surface area contributed by atoms with Crippen molar-refractivity contribution >= 4 is 12.4 Å². The number of hydrogen-bond donors (Lipinski definition) is 1. The first kappa shape index (κ1) is 12.5. The van der Waals surface area contributed by atoms with E-state index in [2.05, 4.69) is 36.6 Å². The van der Waals surface area contributed by atoms with E-state index in [4.69, 9.17) is 0 Å². The summed E-state index contributed by atoms with van der Waals surface area (Å²) in [4.78, 5) is 0. The average Bonchev–Trinajstić information content (AvgIpc) is 2.42. The first-order chi connectivity index (χ1) is 6.90. The summed E-state index contributed by atoms with van der Waals surface area (Å²) >= 11 is 0. The van der Waals surface area contributed by atoms with Crippen LogP contribution in [-0.2, 0) is 12.8 Å². The molecule has 1 aromatic carbocycles. The van der Waals surface area contributed by atoms with Crippen molar-refractivity contribution < 1.29 is 0 Å². The molecule has 0 saturated heterocycles. The van der Waals surface area contributed by atoms with Gasteiger partial charge in [-0.25, -0.2) is 0 Å². The number of hydrogen-bond acceptors (Lipinski definition) is 1. The molecule has 0 aromatic heterocycles. The fourth-order valence-electron chi connectivity index (χ4n) is 2.40. The van der Waals surface area contributed by atoms with Gasteiger partial charge in [0.25, 0.3) is 0 Å². The van der Waals surface area contributed by atoms with Gasteiger partial charge in [-0.3, -0.25) is 0 Å². The maximum atomic E-state index is 3.29. The summed E-state index contributed by atoms with van der Waals surface area (Å²) in [5.74, 6) is 0.868. The molecule has 1 aliphatic rings. The van der Waals surface area contributed by atoms with Crippen molar-refractivity contribution in [2.45, 2.75) is 25.7 Å². The van der Waals surface area contributed by atoms with Gasteiger partial charge in [0, 0.05) is 0 Å². The Morgan fingerprint density at radius 3 is 2.13 bits per heavy atom. The molecule has 0 radical (unpaired) electrons. The van der Waals surface area contributed by atoms with Gasteiger partial charge in [-0.05, 0) is 56.3 Å². The largest absolute Gasteiger partial charge is 0.319 e. The lowest BCUT2D eigenvalue weighted by Gasteiger charge is -2.12. The summed E-state index contributed by atoms with van der Waals surface area (Å²) in [5.41, 5.74) is 3.15.